The first-order valence-electron chi connectivity index (χ1n) is 11.0. The van der Waals surface area contributed by atoms with Gasteiger partial charge in [0.25, 0.3) is 0 Å². The van der Waals surface area contributed by atoms with Crippen molar-refractivity contribution in [2.45, 2.75) is 46.4 Å². The molecule has 0 bridgehead atoms. The molecule has 8 heteroatoms. The number of aryl methyl sites for hydroxylation is 1. The maximum absolute atomic E-state index is 12.2. The zero-order valence-electron chi connectivity index (χ0n) is 19.0. The van der Waals surface area contributed by atoms with Gasteiger partial charge in [-0.3, -0.25) is 14.5 Å². The third-order valence-electron chi connectivity index (χ3n) is 5.89. The Morgan fingerprint density at radius 2 is 2.06 bits per heavy atom. The highest BCUT2D eigenvalue weighted by molar-refractivity contribution is 6.31. The Bertz CT molecular complexity index is 1220. The smallest absolute Gasteiger partial charge is 0.221 e. The molecule has 1 atom stereocenters. The van der Waals surface area contributed by atoms with Crippen molar-refractivity contribution in [2.24, 2.45) is 0 Å². The lowest BCUT2D eigenvalue weighted by Crippen LogP contribution is -2.33. The Morgan fingerprint density at radius 3 is 2.79 bits per heavy atom. The Labute approximate surface area is 197 Å². The van der Waals surface area contributed by atoms with Crippen molar-refractivity contribution in [3.8, 4) is 5.75 Å². The summed E-state index contributed by atoms with van der Waals surface area (Å²) >= 11 is 6.20. The number of hydrogen-bond donors (Lipinski definition) is 3. The van der Waals surface area contributed by atoms with Crippen LogP contribution in [0.5, 0.6) is 5.75 Å². The van der Waals surface area contributed by atoms with Crippen LogP contribution in [0.3, 0.4) is 0 Å². The summed E-state index contributed by atoms with van der Waals surface area (Å²) in [4.78, 5) is 29.5. The molecule has 1 unspecified atom stereocenters. The van der Waals surface area contributed by atoms with Crippen LogP contribution in [0.4, 0.5) is 5.69 Å². The van der Waals surface area contributed by atoms with Crippen LogP contribution in [0.1, 0.15) is 47.4 Å². The summed E-state index contributed by atoms with van der Waals surface area (Å²) < 4.78 is 5.80. The van der Waals surface area contributed by atoms with Gasteiger partial charge < -0.3 is 20.1 Å². The lowest BCUT2D eigenvalue weighted by Gasteiger charge is -2.28. The monoisotopic (exact) mass is 469 g/mol. The normalized spacial score (nSPS) is 14.7. The molecule has 3 N–H and O–H groups in total. The molecule has 0 fully saturated rings. The summed E-state index contributed by atoms with van der Waals surface area (Å²) in [6.45, 7) is 6.89. The fourth-order valence-corrected chi connectivity index (χ4v) is 4.54. The number of fused-ring (bicyclic) bond motifs is 3. The first-order chi connectivity index (χ1) is 15.7. The van der Waals surface area contributed by atoms with Gasteiger partial charge in [-0.1, -0.05) is 11.6 Å². The maximum atomic E-state index is 12.2. The van der Waals surface area contributed by atoms with E-state index < -0.39 is 6.29 Å². The summed E-state index contributed by atoms with van der Waals surface area (Å²) in [6, 6.07) is 9.29. The number of aromatic nitrogens is 1. The summed E-state index contributed by atoms with van der Waals surface area (Å²) in [7, 11) is 0. The highest BCUT2D eigenvalue weighted by Gasteiger charge is 2.23. The van der Waals surface area contributed by atoms with E-state index in [1.165, 1.54) is 25.1 Å². The van der Waals surface area contributed by atoms with E-state index in [0.717, 1.165) is 36.0 Å². The minimum Gasteiger partial charge on any atom is -0.462 e. The molecule has 1 amide bonds. The number of aliphatic hydroxyl groups is 1. The van der Waals surface area contributed by atoms with Crippen molar-refractivity contribution >= 4 is 39.9 Å². The van der Waals surface area contributed by atoms with Gasteiger partial charge in [-0.15, -0.1) is 0 Å². The molecule has 1 aromatic heterocycles. The van der Waals surface area contributed by atoms with Crippen LogP contribution in [-0.4, -0.2) is 46.1 Å². The van der Waals surface area contributed by atoms with Gasteiger partial charge >= 0.3 is 0 Å². The SMILES string of the molecule is CC(=O)Nc1cc(C)cc(C(C)=O)c1OC(O)CCN1CCc2[nH]c3ccc(Cl)cc3c2C1. The second-order valence-corrected chi connectivity index (χ2v) is 9.02. The molecule has 2 aromatic carbocycles. The van der Waals surface area contributed by atoms with E-state index in [9.17, 15) is 14.7 Å². The first kappa shape index (κ1) is 23.3. The van der Waals surface area contributed by atoms with Crippen LogP contribution in [0.15, 0.2) is 30.3 Å². The van der Waals surface area contributed by atoms with Gasteiger partial charge in [-0.25, -0.2) is 0 Å². The molecular weight excluding hydrogens is 442 g/mol. The number of benzene rings is 2. The standard InChI is InChI=1S/C25H28ClN3O4/c1-14-10-18(15(2)30)25(23(11-14)27-16(3)31)33-24(32)7-9-29-8-6-22-20(13-29)19-12-17(26)4-5-21(19)28-22/h4-5,10-12,24,28,32H,6-9,13H2,1-3H3,(H,27,31). The van der Waals surface area contributed by atoms with Crippen LogP contribution in [0.2, 0.25) is 5.02 Å². The molecule has 1 aliphatic heterocycles. The number of aliphatic hydroxyl groups excluding tert-OH is 1. The molecule has 0 saturated heterocycles. The van der Waals surface area contributed by atoms with E-state index in [-0.39, 0.29) is 17.4 Å². The second kappa shape index (κ2) is 9.55. The zero-order chi connectivity index (χ0) is 23.7. The number of halogens is 1. The number of nitrogens with one attached hydrogen (secondary N) is 2. The van der Waals surface area contributed by atoms with E-state index in [2.05, 4.69) is 15.2 Å². The number of rotatable bonds is 7. The molecule has 0 radical (unpaired) electrons. The molecule has 0 saturated carbocycles. The predicted octanol–water partition coefficient (Wildman–Crippen LogP) is 4.44. The van der Waals surface area contributed by atoms with Gasteiger partial charge in [0.1, 0.15) is 0 Å². The largest absolute Gasteiger partial charge is 0.462 e. The van der Waals surface area contributed by atoms with Gasteiger partial charge in [-0.2, -0.15) is 0 Å². The topological polar surface area (TPSA) is 94.7 Å². The second-order valence-electron chi connectivity index (χ2n) is 8.59. The van der Waals surface area contributed by atoms with Gasteiger partial charge in [0, 0.05) is 61.0 Å². The number of aromatic amines is 1. The average Bonchev–Trinajstić information content (AvgIpc) is 3.10. The number of ketones is 1. The average molecular weight is 470 g/mol. The van der Waals surface area contributed by atoms with Gasteiger partial charge in [-0.05, 0) is 55.3 Å². The van der Waals surface area contributed by atoms with Crippen LogP contribution < -0.4 is 10.1 Å². The molecule has 7 nitrogen and oxygen atoms in total. The fraction of sp³-hybridized carbons (Fsp3) is 0.360. The van der Waals surface area contributed by atoms with Gasteiger partial charge in [0.05, 0.1) is 11.3 Å². The molecule has 33 heavy (non-hydrogen) atoms. The number of carbonyl (C=O) groups excluding carboxylic acids is 2. The lowest BCUT2D eigenvalue weighted by atomic mass is 10.0. The summed E-state index contributed by atoms with van der Waals surface area (Å²) in [6.07, 6.45) is 0.109. The molecule has 0 aliphatic carbocycles. The Morgan fingerprint density at radius 1 is 1.27 bits per heavy atom. The molecule has 174 valence electrons. The molecule has 1 aliphatic rings. The van der Waals surface area contributed by atoms with Crippen LogP contribution in [0.25, 0.3) is 10.9 Å². The number of amides is 1. The minimum absolute atomic E-state index is 0.197. The number of nitrogens with zero attached hydrogens (tertiary/aromatic N) is 1. The minimum atomic E-state index is -1.13. The Hall–Kier alpha value is -2.87. The van der Waals surface area contributed by atoms with E-state index >= 15 is 0 Å². The Kier molecular flexibility index (Phi) is 6.74. The molecule has 2 heterocycles. The first-order valence-corrected chi connectivity index (χ1v) is 11.4. The number of H-pyrrole nitrogens is 1. The Balaban J connectivity index is 1.46. The van der Waals surface area contributed by atoms with Crippen molar-refractivity contribution in [1.29, 1.82) is 0 Å². The molecule has 4 rings (SSSR count). The molecule has 0 spiro atoms. The molecular formula is C25H28ClN3O4. The van der Waals surface area contributed by atoms with Gasteiger partial charge in [0.15, 0.2) is 17.8 Å². The van der Waals surface area contributed by atoms with Crippen molar-refractivity contribution in [3.05, 3.63) is 57.7 Å². The molecule has 3 aromatic rings. The highest BCUT2D eigenvalue weighted by atomic mass is 35.5. The summed E-state index contributed by atoms with van der Waals surface area (Å²) in [5.41, 5.74) is 5.07. The van der Waals surface area contributed by atoms with Crippen LogP contribution in [-0.2, 0) is 17.8 Å². The fourth-order valence-electron chi connectivity index (χ4n) is 4.37. The van der Waals surface area contributed by atoms with Crippen LogP contribution >= 0.6 is 11.6 Å². The summed E-state index contributed by atoms with van der Waals surface area (Å²) in [5.74, 6) is -0.283. The maximum Gasteiger partial charge on any atom is 0.221 e. The van der Waals surface area contributed by atoms with Gasteiger partial charge in [0.2, 0.25) is 5.91 Å². The van der Waals surface area contributed by atoms with Crippen molar-refractivity contribution < 1.29 is 19.4 Å². The third kappa shape index (κ3) is 5.21. The number of ether oxygens (including phenoxy) is 1. The number of Topliss-reactive ketones (excluding diaryl/α,β-unsaturated/α-hetero) is 1. The number of hydrogen-bond acceptors (Lipinski definition) is 5. The zero-order valence-corrected chi connectivity index (χ0v) is 19.8. The number of anilines is 1. The van der Waals surface area contributed by atoms with E-state index in [0.29, 0.717) is 29.2 Å². The van der Waals surface area contributed by atoms with Crippen molar-refractivity contribution in [1.82, 2.24) is 9.88 Å². The van der Waals surface area contributed by atoms with Crippen molar-refractivity contribution in [3.63, 3.8) is 0 Å². The lowest BCUT2D eigenvalue weighted by molar-refractivity contribution is -0.114. The third-order valence-corrected chi connectivity index (χ3v) is 6.12. The van der Waals surface area contributed by atoms with E-state index in [1.54, 1.807) is 12.1 Å². The predicted molar refractivity (Wildman–Crippen MR) is 129 cm³/mol. The van der Waals surface area contributed by atoms with E-state index in [4.69, 9.17) is 16.3 Å². The van der Waals surface area contributed by atoms with Crippen molar-refractivity contribution in [2.75, 3.05) is 18.4 Å². The van der Waals surface area contributed by atoms with E-state index in [1.807, 2.05) is 25.1 Å². The quantitative estimate of drug-likeness (QED) is 0.351. The summed E-state index contributed by atoms with van der Waals surface area (Å²) in [5, 5.41) is 15.2. The number of carbonyl (C=O) groups is 2. The highest BCUT2D eigenvalue weighted by Crippen LogP contribution is 2.33. The van der Waals surface area contributed by atoms with Crippen LogP contribution in [0, 0.1) is 6.92 Å².